The van der Waals surface area contributed by atoms with Crippen molar-refractivity contribution in [2.24, 2.45) is 5.92 Å². The molecule has 0 aliphatic carbocycles. The molecule has 0 aliphatic heterocycles. The van der Waals surface area contributed by atoms with Crippen LogP contribution in [0.25, 0.3) is 0 Å². The van der Waals surface area contributed by atoms with Gasteiger partial charge in [-0.1, -0.05) is 20.3 Å². The first-order chi connectivity index (χ1) is 5.07. The summed E-state index contributed by atoms with van der Waals surface area (Å²) >= 11 is 0. The fourth-order valence-corrected chi connectivity index (χ4v) is 1.73. The number of hydrogen-bond donors (Lipinski definition) is 1. The summed E-state index contributed by atoms with van der Waals surface area (Å²) in [7, 11) is 0.177. The molecular weight excluding hydrogens is 155 g/mol. The third kappa shape index (κ3) is 5.64. The summed E-state index contributed by atoms with van der Waals surface area (Å²) in [5.74, 6) is 0.477. The van der Waals surface area contributed by atoms with E-state index >= 15 is 0 Å². The zero-order valence-corrected chi connectivity index (χ0v) is 9.06. The Morgan fingerprint density at radius 1 is 1.36 bits per heavy atom. The predicted octanol–water partition coefficient (Wildman–Crippen LogP) is 2.53. The van der Waals surface area contributed by atoms with E-state index in [0.717, 1.165) is 12.8 Å². The van der Waals surface area contributed by atoms with Gasteiger partial charge in [-0.2, -0.15) is 0 Å². The van der Waals surface area contributed by atoms with Crippen LogP contribution in [-0.2, 0) is 0 Å². The van der Waals surface area contributed by atoms with E-state index in [0.29, 0.717) is 5.92 Å². The first-order valence-electron chi connectivity index (χ1n) is 4.40. The van der Waals surface area contributed by atoms with Crippen molar-refractivity contribution in [1.29, 1.82) is 0 Å². The van der Waals surface area contributed by atoms with E-state index < -0.39 is 0 Å². The molecule has 0 rings (SSSR count). The zero-order chi connectivity index (χ0) is 8.85. The molecule has 0 amide bonds. The van der Waals surface area contributed by atoms with Crippen molar-refractivity contribution in [3.05, 3.63) is 0 Å². The van der Waals surface area contributed by atoms with Gasteiger partial charge in [-0.05, 0) is 31.8 Å². The Balaban J connectivity index is 3.43. The Labute approximate surface area is 72.0 Å². The SMILES string of the molecule is CCC(C)C(O)CCP(C)C. The molecule has 0 aromatic rings. The van der Waals surface area contributed by atoms with Crippen LogP contribution in [-0.4, -0.2) is 30.7 Å². The van der Waals surface area contributed by atoms with E-state index in [-0.39, 0.29) is 14.0 Å². The molecule has 0 aromatic carbocycles. The van der Waals surface area contributed by atoms with Crippen LogP contribution in [0.3, 0.4) is 0 Å². The number of aliphatic hydroxyl groups excluding tert-OH is 1. The average molecular weight is 176 g/mol. The predicted molar refractivity (Wildman–Crippen MR) is 53.7 cm³/mol. The first kappa shape index (κ1) is 11.4. The molecule has 2 atom stereocenters. The van der Waals surface area contributed by atoms with Crippen molar-refractivity contribution < 1.29 is 5.11 Å². The van der Waals surface area contributed by atoms with Gasteiger partial charge in [0.25, 0.3) is 0 Å². The van der Waals surface area contributed by atoms with E-state index in [4.69, 9.17) is 0 Å². The van der Waals surface area contributed by atoms with Crippen molar-refractivity contribution in [1.82, 2.24) is 0 Å². The van der Waals surface area contributed by atoms with Crippen LogP contribution in [0, 0.1) is 5.92 Å². The molecule has 0 aliphatic rings. The highest BCUT2D eigenvalue weighted by molar-refractivity contribution is 7.55. The average Bonchev–Trinajstić information content (AvgIpc) is 1.98. The van der Waals surface area contributed by atoms with Gasteiger partial charge in [0, 0.05) is 0 Å². The quantitative estimate of drug-likeness (QED) is 0.638. The summed E-state index contributed by atoms with van der Waals surface area (Å²) in [6, 6.07) is 0. The van der Waals surface area contributed by atoms with Crippen molar-refractivity contribution in [2.45, 2.75) is 32.8 Å². The largest absolute Gasteiger partial charge is 0.393 e. The van der Waals surface area contributed by atoms with Gasteiger partial charge in [0.05, 0.1) is 6.10 Å². The van der Waals surface area contributed by atoms with Gasteiger partial charge in [0.2, 0.25) is 0 Å². The molecule has 0 heterocycles. The number of rotatable bonds is 5. The first-order valence-corrected chi connectivity index (χ1v) is 6.82. The molecule has 1 nitrogen and oxygen atoms in total. The molecule has 0 saturated carbocycles. The minimum absolute atomic E-state index is 0.0649. The molecule has 2 unspecified atom stereocenters. The van der Waals surface area contributed by atoms with Crippen LogP contribution in [0.4, 0.5) is 0 Å². The summed E-state index contributed by atoms with van der Waals surface area (Å²) in [6.07, 6.45) is 3.23. The maximum Gasteiger partial charge on any atom is 0.0569 e. The molecule has 11 heavy (non-hydrogen) atoms. The molecule has 0 radical (unpaired) electrons. The van der Waals surface area contributed by atoms with Gasteiger partial charge >= 0.3 is 0 Å². The lowest BCUT2D eigenvalue weighted by atomic mass is 10.0. The second-order valence-corrected chi connectivity index (χ2v) is 6.15. The second kappa shape index (κ2) is 5.97. The van der Waals surface area contributed by atoms with Gasteiger partial charge in [-0.25, -0.2) is 0 Å². The normalized spacial score (nSPS) is 16.9. The van der Waals surface area contributed by atoms with E-state index in [1.165, 1.54) is 6.16 Å². The lowest BCUT2D eigenvalue weighted by Crippen LogP contribution is -2.17. The van der Waals surface area contributed by atoms with Crippen LogP contribution in [0.5, 0.6) is 0 Å². The molecule has 0 spiro atoms. The highest BCUT2D eigenvalue weighted by Gasteiger charge is 2.11. The van der Waals surface area contributed by atoms with E-state index in [1.807, 2.05) is 0 Å². The van der Waals surface area contributed by atoms with Crippen molar-refractivity contribution >= 4 is 7.92 Å². The van der Waals surface area contributed by atoms with Gasteiger partial charge in [-0.15, -0.1) is 7.92 Å². The number of aliphatic hydroxyl groups is 1. The molecule has 0 fully saturated rings. The third-order valence-electron chi connectivity index (χ3n) is 2.17. The molecule has 0 saturated heterocycles. The highest BCUT2D eigenvalue weighted by Crippen LogP contribution is 2.27. The highest BCUT2D eigenvalue weighted by atomic mass is 31.1. The molecule has 1 N–H and O–H groups in total. The lowest BCUT2D eigenvalue weighted by molar-refractivity contribution is 0.111. The molecule has 0 aromatic heterocycles. The molecule has 68 valence electrons. The minimum atomic E-state index is -0.0649. The summed E-state index contributed by atoms with van der Waals surface area (Å²) in [6.45, 7) is 8.78. The van der Waals surface area contributed by atoms with Gasteiger partial charge in [0.1, 0.15) is 0 Å². The standard InChI is InChI=1S/C9H21OP/c1-5-8(2)9(10)6-7-11(3)4/h8-10H,5-7H2,1-4H3. The maximum atomic E-state index is 9.58. The molecule has 0 bridgehead atoms. The van der Waals surface area contributed by atoms with E-state index in [9.17, 15) is 5.11 Å². The molecule has 2 heteroatoms. The van der Waals surface area contributed by atoms with Crippen molar-refractivity contribution in [3.8, 4) is 0 Å². The van der Waals surface area contributed by atoms with Crippen molar-refractivity contribution in [2.75, 3.05) is 19.5 Å². The summed E-state index contributed by atoms with van der Waals surface area (Å²) in [5.41, 5.74) is 0. The van der Waals surface area contributed by atoms with Crippen LogP contribution in [0.1, 0.15) is 26.7 Å². The van der Waals surface area contributed by atoms with E-state index in [2.05, 4.69) is 27.2 Å². The Morgan fingerprint density at radius 3 is 2.27 bits per heavy atom. The Bertz CT molecular complexity index is 93.6. The summed E-state index contributed by atoms with van der Waals surface area (Å²) in [5, 5.41) is 9.58. The maximum absolute atomic E-state index is 9.58. The monoisotopic (exact) mass is 176 g/mol. The minimum Gasteiger partial charge on any atom is -0.393 e. The van der Waals surface area contributed by atoms with Gasteiger partial charge in [0.15, 0.2) is 0 Å². The van der Waals surface area contributed by atoms with Crippen LogP contribution in [0.2, 0.25) is 0 Å². The van der Waals surface area contributed by atoms with E-state index in [1.54, 1.807) is 0 Å². The third-order valence-corrected chi connectivity index (χ3v) is 3.33. The van der Waals surface area contributed by atoms with Gasteiger partial charge < -0.3 is 5.11 Å². The number of hydrogen-bond acceptors (Lipinski definition) is 1. The second-order valence-electron chi connectivity index (χ2n) is 3.54. The molecular formula is C9H21OP. The zero-order valence-electron chi connectivity index (χ0n) is 8.17. The van der Waals surface area contributed by atoms with Crippen LogP contribution < -0.4 is 0 Å². The fourth-order valence-electron chi connectivity index (χ4n) is 0.947. The Morgan fingerprint density at radius 2 is 1.91 bits per heavy atom. The topological polar surface area (TPSA) is 20.2 Å². The van der Waals surface area contributed by atoms with Crippen molar-refractivity contribution in [3.63, 3.8) is 0 Å². The fraction of sp³-hybridized carbons (Fsp3) is 1.00. The smallest absolute Gasteiger partial charge is 0.0569 e. The van der Waals surface area contributed by atoms with Gasteiger partial charge in [-0.3, -0.25) is 0 Å². The summed E-state index contributed by atoms with van der Waals surface area (Å²) in [4.78, 5) is 0. The van der Waals surface area contributed by atoms with Crippen LogP contribution >= 0.6 is 7.92 Å². The Hall–Kier alpha value is 0.390. The van der Waals surface area contributed by atoms with Crippen LogP contribution in [0.15, 0.2) is 0 Å². The summed E-state index contributed by atoms with van der Waals surface area (Å²) < 4.78 is 0. The Kier molecular flexibility index (Phi) is 6.18. The lowest BCUT2D eigenvalue weighted by Gasteiger charge is -2.17.